The molecule has 3 heteroatoms. The van der Waals surface area contributed by atoms with E-state index < -0.39 is 12.2 Å². The second-order valence-electron chi connectivity index (χ2n) is 4.07. The van der Waals surface area contributed by atoms with Crippen LogP contribution in [0.3, 0.4) is 0 Å². The topological polar surface area (TPSA) is 49.7 Å². The van der Waals surface area contributed by atoms with Crippen molar-refractivity contribution in [3.05, 3.63) is 0 Å². The Morgan fingerprint density at radius 1 is 1.17 bits per heavy atom. The molecule has 1 aliphatic carbocycles. The van der Waals surface area contributed by atoms with Crippen LogP contribution in [0.4, 0.5) is 0 Å². The fraction of sp³-hybridized carbons (Fsp3) is 1.00. The molecule has 0 aromatic rings. The van der Waals surface area contributed by atoms with E-state index in [-0.39, 0.29) is 5.92 Å². The van der Waals surface area contributed by atoms with Crippen molar-refractivity contribution in [3.8, 4) is 0 Å². The van der Waals surface area contributed by atoms with E-state index in [9.17, 15) is 5.11 Å². The smallest absolute Gasteiger partial charge is 0.119 e. The molecule has 1 saturated carbocycles. The van der Waals surface area contributed by atoms with Crippen LogP contribution in [-0.4, -0.2) is 22.6 Å². The van der Waals surface area contributed by atoms with Gasteiger partial charge in [0.25, 0.3) is 0 Å². The van der Waals surface area contributed by atoms with Gasteiger partial charge in [-0.05, 0) is 24.2 Å². The summed E-state index contributed by atoms with van der Waals surface area (Å²) in [5, 5.41) is 18.2. The molecule has 0 radical (unpaired) electrons. The van der Waals surface area contributed by atoms with Crippen LogP contribution in [-0.2, 0) is 4.89 Å². The Bertz CT molecular complexity index is 144. The first-order chi connectivity index (χ1) is 5.57. The van der Waals surface area contributed by atoms with Crippen molar-refractivity contribution in [1.29, 1.82) is 0 Å². The van der Waals surface area contributed by atoms with Crippen molar-refractivity contribution in [2.45, 2.75) is 39.4 Å². The second-order valence-corrected chi connectivity index (χ2v) is 4.07. The molecule has 72 valence electrons. The number of aliphatic hydroxyl groups is 1. The lowest BCUT2D eigenvalue weighted by molar-refractivity contribution is -0.312. The Kier molecular flexibility index (Phi) is 3.09. The van der Waals surface area contributed by atoms with Crippen molar-refractivity contribution in [2.75, 3.05) is 0 Å². The quantitative estimate of drug-likeness (QED) is 0.468. The molecular formula is C9H18O3. The number of aliphatic hydroxyl groups excluding tert-OH is 1. The molecule has 5 atom stereocenters. The first kappa shape index (κ1) is 9.96. The van der Waals surface area contributed by atoms with Gasteiger partial charge in [0.1, 0.15) is 6.10 Å². The van der Waals surface area contributed by atoms with E-state index in [2.05, 4.69) is 18.7 Å². The van der Waals surface area contributed by atoms with E-state index in [1.165, 1.54) is 0 Å². The van der Waals surface area contributed by atoms with Crippen LogP contribution < -0.4 is 0 Å². The Labute approximate surface area is 73.3 Å². The lowest BCUT2D eigenvalue weighted by atomic mass is 9.72. The summed E-state index contributed by atoms with van der Waals surface area (Å²) in [4.78, 5) is 4.24. The van der Waals surface area contributed by atoms with Crippen LogP contribution in [0.15, 0.2) is 0 Å². The summed E-state index contributed by atoms with van der Waals surface area (Å²) in [5.74, 6) is 1.19. The van der Waals surface area contributed by atoms with Crippen molar-refractivity contribution < 1.29 is 15.3 Å². The Morgan fingerprint density at radius 3 is 2.25 bits per heavy atom. The first-order valence-electron chi connectivity index (χ1n) is 4.56. The lowest BCUT2D eigenvalue weighted by Gasteiger charge is -2.39. The average molecular weight is 174 g/mol. The number of rotatable bonds is 1. The van der Waals surface area contributed by atoms with Gasteiger partial charge in [0, 0.05) is 0 Å². The highest BCUT2D eigenvalue weighted by Crippen LogP contribution is 2.35. The summed E-state index contributed by atoms with van der Waals surface area (Å²) in [5.41, 5.74) is 0. The standard InChI is InChI=1S/C9H18O3/c1-5-4-8(12-11)9(10)7(3)6(5)2/h5-11H,4H2,1-3H3. The fourth-order valence-corrected chi connectivity index (χ4v) is 1.99. The van der Waals surface area contributed by atoms with Gasteiger partial charge in [0.05, 0.1) is 6.10 Å². The third-order valence-electron chi connectivity index (χ3n) is 3.39. The summed E-state index contributed by atoms with van der Waals surface area (Å²) in [6, 6.07) is 0. The molecule has 5 unspecified atom stereocenters. The Balaban J connectivity index is 2.63. The molecule has 0 aliphatic heterocycles. The maximum Gasteiger partial charge on any atom is 0.119 e. The van der Waals surface area contributed by atoms with Gasteiger partial charge in [-0.3, -0.25) is 5.26 Å². The molecule has 2 N–H and O–H groups in total. The summed E-state index contributed by atoms with van der Waals surface area (Å²) in [7, 11) is 0. The van der Waals surface area contributed by atoms with Gasteiger partial charge in [0.2, 0.25) is 0 Å². The molecule has 0 spiro atoms. The van der Waals surface area contributed by atoms with Gasteiger partial charge in [-0.2, -0.15) is 0 Å². The van der Waals surface area contributed by atoms with Crippen LogP contribution in [0.2, 0.25) is 0 Å². The zero-order chi connectivity index (χ0) is 9.30. The molecule has 0 saturated heterocycles. The highest BCUT2D eigenvalue weighted by atomic mass is 17.1. The van der Waals surface area contributed by atoms with Gasteiger partial charge in [-0.25, -0.2) is 4.89 Å². The van der Waals surface area contributed by atoms with Crippen molar-refractivity contribution in [3.63, 3.8) is 0 Å². The van der Waals surface area contributed by atoms with E-state index in [1.807, 2.05) is 6.92 Å². The van der Waals surface area contributed by atoms with Gasteiger partial charge < -0.3 is 5.11 Å². The van der Waals surface area contributed by atoms with Crippen molar-refractivity contribution in [1.82, 2.24) is 0 Å². The Morgan fingerprint density at radius 2 is 1.75 bits per heavy atom. The molecular weight excluding hydrogens is 156 g/mol. The Hall–Kier alpha value is -0.120. The normalized spacial score (nSPS) is 49.2. The van der Waals surface area contributed by atoms with Crippen molar-refractivity contribution >= 4 is 0 Å². The molecule has 3 nitrogen and oxygen atoms in total. The van der Waals surface area contributed by atoms with Crippen LogP contribution >= 0.6 is 0 Å². The van der Waals surface area contributed by atoms with Gasteiger partial charge >= 0.3 is 0 Å². The minimum absolute atomic E-state index is 0.200. The second kappa shape index (κ2) is 3.73. The summed E-state index contributed by atoms with van der Waals surface area (Å²) in [6.45, 7) is 6.25. The molecule has 1 aliphatic rings. The molecule has 0 aromatic heterocycles. The third-order valence-corrected chi connectivity index (χ3v) is 3.39. The maximum atomic E-state index is 9.64. The lowest BCUT2D eigenvalue weighted by Crippen LogP contribution is -2.44. The summed E-state index contributed by atoms with van der Waals surface area (Å²) >= 11 is 0. The monoisotopic (exact) mass is 174 g/mol. The predicted molar refractivity (Wildman–Crippen MR) is 45.6 cm³/mol. The van der Waals surface area contributed by atoms with E-state index >= 15 is 0 Å². The van der Waals surface area contributed by atoms with Crippen LogP contribution in [0, 0.1) is 17.8 Å². The van der Waals surface area contributed by atoms with Gasteiger partial charge in [0.15, 0.2) is 0 Å². The van der Waals surface area contributed by atoms with E-state index in [1.54, 1.807) is 0 Å². The maximum absolute atomic E-state index is 9.64. The molecule has 0 heterocycles. The predicted octanol–water partition coefficient (Wildman–Crippen LogP) is 1.52. The molecule has 1 fully saturated rings. The molecule has 12 heavy (non-hydrogen) atoms. The van der Waals surface area contributed by atoms with E-state index in [0.29, 0.717) is 11.8 Å². The van der Waals surface area contributed by atoms with Gasteiger partial charge in [-0.15, -0.1) is 0 Å². The van der Waals surface area contributed by atoms with Gasteiger partial charge in [-0.1, -0.05) is 20.8 Å². The third kappa shape index (κ3) is 1.63. The first-order valence-corrected chi connectivity index (χ1v) is 4.56. The highest BCUT2D eigenvalue weighted by Gasteiger charge is 2.38. The van der Waals surface area contributed by atoms with Crippen LogP contribution in [0.5, 0.6) is 0 Å². The SMILES string of the molecule is CC1CC(OO)C(O)C(C)C1C. The zero-order valence-electron chi connectivity index (χ0n) is 7.90. The zero-order valence-corrected chi connectivity index (χ0v) is 7.90. The van der Waals surface area contributed by atoms with E-state index in [0.717, 1.165) is 6.42 Å². The summed E-state index contributed by atoms with van der Waals surface area (Å²) < 4.78 is 0. The molecule has 1 rings (SSSR count). The molecule has 0 amide bonds. The minimum atomic E-state index is -0.527. The average Bonchev–Trinajstić information content (AvgIpc) is 2.08. The van der Waals surface area contributed by atoms with Crippen LogP contribution in [0.1, 0.15) is 27.2 Å². The van der Waals surface area contributed by atoms with E-state index in [4.69, 9.17) is 5.26 Å². The molecule has 0 bridgehead atoms. The minimum Gasteiger partial charge on any atom is -0.390 e. The molecule has 0 aromatic carbocycles. The van der Waals surface area contributed by atoms with Crippen molar-refractivity contribution in [2.24, 2.45) is 17.8 Å². The summed E-state index contributed by atoms with van der Waals surface area (Å²) in [6.07, 6.45) is -0.184. The van der Waals surface area contributed by atoms with Crippen LogP contribution in [0.25, 0.3) is 0 Å². The fourth-order valence-electron chi connectivity index (χ4n) is 1.99. The highest BCUT2D eigenvalue weighted by molar-refractivity contribution is 4.86. The number of hydrogen-bond acceptors (Lipinski definition) is 3. The number of hydrogen-bond donors (Lipinski definition) is 2. The largest absolute Gasteiger partial charge is 0.390 e.